The van der Waals surface area contributed by atoms with Crippen LogP contribution in [0.1, 0.15) is 19.8 Å². The highest BCUT2D eigenvalue weighted by Gasteiger charge is 2.17. The molecule has 1 heterocycles. The predicted octanol–water partition coefficient (Wildman–Crippen LogP) is 1.16. The lowest BCUT2D eigenvalue weighted by molar-refractivity contribution is 0.279. The summed E-state index contributed by atoms with van der Waals surface area (Å²) >= 11 is 2.13. The van der Waals surface area contributed by atoms with Gasteiger partial charge in [0, 0.05) is 24.1 Å². The Morgan fingerprint density at radius 3 is 3.08 bits per heavy atom. The molecule has 1 atom stereocenters. The van der Waals surface area contributed by atoms with Gasteiger partial charge in [0.25, 0.3) is 0 Å². The SMILES string of the molecule is CCC1CN(CCCN)CCS1. The molecule has 1 fully saturated rings. The zero-order valence-electron chi connectivity index (χ0n) is 7.96. The molecule has 72 valence electrons. The summed E-state index contributed by atoms with van der Waals surface area (Å²) in [7, 11) is 0. The van der Waals surface area contributed by atoms with Crippen LogP contribution in [0.4, 0.5) is 0 Å². The molecule has 0 aliphatic carbocycles. The maximum atomic E-state index is 5.48. The molecule has 0 amide bonds. The highest BCUT2D eigenvalue weighted by atomic mass is 32.2. The Morgan fingerprint density at radius 1 is 1.58 bits per heavy atom. The second-order valence-electron chi connectivity index (χ2n) is 3.34. The van der Waals surface area contributed by atoms with Gasteiger partial charge in [-0.3, -0.25) is 0 Å². The number of rotatable bonds is 4. The summed E-state index contributed by atoms with van der Waals surface area (Å²) in [4.78, 5) is 2.55. The van der Waals surface area contributed by atoms with Gasteiger partial charge in [-0.1, -0.05) is 6.92 Å². The first-order valence-electron chi connectivity index (χ1n) is 4.90. The van der Waals surface area contributed by atoms with Gasteiger partial charge in [-0.2, -0.15) is 11.8 Å². The van der Waals surface area contributed by atoms with Gasteiger partial charge in [0.05, 0.1) is 0 Å². The van der Waals surface area contributed by atoms with E-state index in [4.69, 9.17) is 5.73 Å². The number of hydrogen-bond donors (Lipinski definition) is 1. The van der Waals surface area contributed by atoms with Crippen molar-refractivity contribution in [2.75, 3.05) is 31.9 Å². The molecule has 3 heteroatoms. The van der Waals surface area contributed by atoms with Crippen LogP contribution >= 0.6 is 11.8 Å². The lowest BCUT2D eigenvalue weighted by Crippen LogP contribution is -2.38. The first-order valence-corrected chi connectivity index (χ1v) is 5.95. The summed E-state index contributed by atoms with van der Waals surface area (Å²) in [6.07, 6.45) is 2.46. The quantitative estimate of drug-likeness (QED) is 0.718. The maximum absolute atomic E-state index is 5.48. The van der Waals surface area contributed by atoms with E-state index in [1.165, 1.54) is 31.8 Å². The Kier molecular flexibility index (Phi) is 5.04. The van der Waals surface area contributed by atoms with E-state index in [0.717, 1.165) is 18.2 Å². The monoisotopic (exact) mass is 188 g/mol. The molecule has 0 radical (unpaired) electrons. The van der Waals surface area contributed by atoms with Gasteiger partial charge in [-0.25, -0.2) is 0 Å². The first kappa shape index (κ1) is 10.4. The van der Waals surface area contributed by atoms with E-state index in [1.54, 1.807) is 0 Å². The van der Waals surface area contributed by atoms with Gasteiger partial charge in [0.1, 0.15) is 0 Å². The smallest absolute Gasteiger partial charge is 0.0172 e. The van der Waals surface area contributed by atoms with Gasteiger partial charge in [0.2, 0.25) is 0 Å². The standard InChI is InChI=1S/C9H20N2S/c1-2-9-8-11(5-3-4-10)6-7-12-9/h9H,2-8,10H2,1H3. The molecular weight excluding hydrogens is 168 g/mol. The molecule has 0 spiro atoms. The van der Waals surface area contributed by atoms with E-state index in [9.17, 15) is 0 Å². The maximum Gasteiger partial charge on any atom is 0.0172 e. The van der Waals surface area contributed by atoms with Crippen molar-refractivity contribution in [1.29, 1.82) is 0 Å². The van der Waals surface area contributed by atoms with Crippen LogP contribution in [-0.2, 0) is 0 Å². The highest BCUT2D eigenvalue weighted by Crippen LogP contribution is 2.20. The van der Waals surface area contributed by atoms with Crippen LogP contribution in [0, 0.1) is 0 Å². The molecule has 1 aliphatic heterocycles. The van der Waals surface area contributed by atoms with Crippen LogP contribution in [0.25, 0.3) is 0 Å². The van der Waals surface area contributed by atoms with E-state index in [0.29, 0.717) is 0 Å². The summed E-state index contributed by atoms with van der Waals surface area (Å²) in [5.41, 5.74) is 5.48. The van der Waals surface area contributed by atoms with Crippen LogP contribution in [0.15, 0.2) is 0 Å². The molecule has 0 bridgehead atoms. The van der Waals surface area contributed by atoms with Gasteiger partial charge < -0.3 is 10.6 Å². The van der Waals surface area contributed by atoms with Gasteiger partial charge in [-0.05, 0) is 25.9 Å². The summed E-state index contributed by atoms with van der Waals surface area (Å²) in [6, 6.07) is 0. The summed E-state index contributed by atoms with van der Waals surface area (Å²) in [6.45, 7) is 6.86. The van der Waals surface area contributed by atoms with E-state index < -0.39 is 0 Å². The Labute approximate surface area is 79.9 Å². The van der Waals surface area contributed by atoms with Crippen LogP contribution in [0.3, 0.4) is 0 Å². The molecule has 1 saturated heterocycles. The summed E-state index contributed by atoms with van der Waals surface area (Å²) in [5, 5.41) is 0.872. The molecule has 0 aromatic heterocycles. The van der Waals surface area contributed by atoms with Crippen LogP contribution in [0.5, 0.6) is 0 Å². The fourth-order valence-electron chi connectivity index (χ4n) is 1.55. The number of hydrogen-bond acceptors (Lipinski definition) is 3. The lowest BCUT2D eigenvalue weighted by atomic mass is 10.3. The van der Waals surface area contributed by atoms with Crippen molar-refractivity contribution >= 4 is 11.8 Å². The third-order valence-corrected chi connectivity index (χ3v) is 3.73. The predicted molar refractivity (Wildman–Crippen MR) is 56.6 cm³/mol. The van der Waals surface area contributed by atoms with Crippen molar-refractivity contribution in [3.8, 4) is 0 Å². The van der Waals surface area contributed by atoms with Crippen molar-refractivity contribution in [3.05, 3.63) is 0 Å². The van der Waals surface area contributed by atoms with E-state index in [2.05, 4.69) is 23.6 Å². The van der Waals surface area contributed by atoms with E-state index >= 15 is 0 Å². The van der Waals surface area contributed by atoms with Crippen molar-refractivity contribution < 1.29 is 0 Å². The molecule has 2 nitrogen and oxygen atoms in total. The Hall–Kier alpha value is 0.270. The Morgan fingerprint density at radius 2 is 2.42 bits per heavy atom. The van der Waals surface area contributed by atoms with E-state index in [1.807, 2.05) is 0 Å². The molecule has 2 N–H and O–H groups in total. The minimum Gasteiger partial charge on any atom is -0.330 e. The minimum absolute atomic E-state index is 0.834. The minimum atomic E-state index is 0.834. The van der Waals surface area contributed by atoms with Crippen molar-refractivity contribution in [1.82, 2.24) is 4.90 Å². The molecule has 12 heavy (non-hydrogen) atoms. The van der Waals surface area contributed by atoms with Gasteiger partial charge >= 0.3 is 0 Å². The van der Waals surface area contributed by atoms with E-state index in [-0.39, 0.29) is 0 Å². The molecular formula is C9H20N2S. The van der Waals surface area contributed by atoms with Crippen molar-refractivity contribution in [2.45, 2.75) is 25.0 Å². The molecule has 0 aromatic carbocycles. The first-order chi connectivity index (χ1) is 5.86. The third-order valence-electron chi connectivity index (χ3n) is 2.36. The zero-order valence-corrected chi connectivity index (χ0v) is 8.78. The Balaban J connectivity index is 2.16. The average molecular weight is 188 g/mol. The summed E-state index contributed by atoms with van der Waals surface area (Å²) in [5.74, 6) is 1.31. The van der Waals surface area contributed by atoms with Crippen molar-refractivity contribution in [3.63, 3.8) is 0 Å². The normalized spacial score (nSPS) is 26.0. The fourth-order valence-corrected chi connectivity index (χ4v) is 2.79. The summed E-state index contributed by atoms with van der Waals surface area (Å²) < 4.78 is 0. The second-order valence-corrected chi connectivity index (χ2v) is 4.75. The van der Waals surface area contributed by atoms with Crippen LogP contribution in [-0.4, -0.2) is 42.1 Å². The highest BCUT2D eigenvalue weighted by molar-refractivity contribution is 8.00. The number of nitrogens with zero attached hydrogens (tertiary/aromatic N) is 1. The number of thioether (sulfide) groups is 1. The topological polar surface area (TPSA) is 29.3 Å². The van der Waals surface area contributed by atoms with Crippen molar-refractivity contribution in [2.24, 2.45) is 5.73 Å². The molecule has 1 aliphatic rings. The lowest BCUT2D eigenvalue weighted by Gasteiger charge is -2.31. The average Bonchev–Trinajstić information content (AvgIpc) is 2.15. The second kappa shape index (κ2) is 5.84. The van der Waals surface area contributed by atoms with Gasteiger partial charge in [0.15, 0.2) is 0 Å². The van der Waals surface area contributed by atoms with Crippen LogP contribution in [0.2, 0.25) is 0 Å². The molecule has 1 rings (SSSR count). The largest absolute Gasteiger partial charge is 0.330 e. The molecule has 1 unspecified atom stereocenters. The molecule has 0 saturated carbocycles. The fraction of sp³-hybridized carbons (Fsp3) is 1.00. The third kappa shape index (κ3) is 3.33. The Bertz CT molecular complexity index is 119. The number of nitrogens with two attached hydrogens (primary N) is 1. The zero-order chi connectivity index (χ0) is 8.81. The van der Waals surface area contributed by atoms with Crippen LogP contribution < -0.4 is 5.73 Å². The molecule has 0 aromatic rings. The van der Waals surface area contributed by atoms with Gasteiger partial charge in [-0.15, -0.1) is 0 Å².